The normalized spacial score (nSPS) is 14.5. The van der Waals surface area contributed by atoms with Gasteiger partial charge in [-0.25, -0.2) is 4.79 Å². The van der Waals surface area contributed by atoms with Crippen LogP contribution in [-0.2, 0) is 4.74 Å². The maximum absolute atomic E-state index is 12.1. The van der Waals surface area contributed by atoms with Gasteiger partial charge in [-0.05, 0) is 18.2 Å². The minimum absolute atomic E-state index is 0.135. The summed E-state index contributed by atoms with van der Waals surface area (Å²) in [6, 6.07) is 11.7. The molecule has 1 aliphatic rings. The number of rotatable bonds is 7. The number of benzene rings is 2. The number of methoxy groups -OCH3 is 1. The number of nitrogens with zero attached hydrogens (tertiary/aromatic N) is 3. The van der Waals surface area contributed by atoms with Crippen LogP contribution in [0.15, 0.2) is 42.5 Å². The Morgan fingerprint density at radius 2 is 1.90 bits per heavy atom. The highest BCUT2D eigenvalue weighted by Crippen LogP contribution is 2.27. The molecule has 0 aromatic heterocycles. The number of nitro groups is 1. The highest BCUT2D eigenvalue weighted by atomic mass is 35.5. The first-order valence-corrected chi connectivity index (χ1v) is 9.59. The molecule has 2 aromatic rings. The second kappa shape index (κ2) is 9.58. The van der Waals surface area contributed by atoms with Gasteiger partial charge in [0, 0.05) is 44.9 Å². The molecule has 1 heterocycles. The standard InChI is InChI=1S/C20H22ClN3O5/c1-28-20(25)16-14-15(24(26)27)6-7-18(16)23-10-8-22(9-11-23)12-13-29-19-5-3-2-4-17(19)21/h2-7,14H,8-13H2,1H3. The molecule has 0 atom stereocenters. The first kappa shape index (κ1) is 20.9. The molecule has 29 heavy (non-hydrogen) atoms. The van der Waals surface area contributed by atoms with Gasteiger partial charge in [0.15, 0.2) is 0 Å². The lowest BCUT2D eigenvalue weighted by Crippen LogP contribution is -2.47. The Balaban J connectivity index is 1.58. The van der Waals surface area contributed by atoms with Crippen LogP contribution in [0.4, 0.5) is 11.4 Å². The smallest absolute Gasteiger partial charge is 0.340 e. The average Bonchev–Trinajstić information content (AvgIpc) is 2.74. The summed E-state index contributed by atoms with van der Waals surface area (Å²) in [4.78, 5) is 26.9. The van der Waals surface area contributed by atoms with Gasteiger partial charge in [0.1, 0.15) is 12.4 Å². The SMILES string of the molecule is COC(=O)c1cc([N+](=O)[O-])ccc1N1CCN(CCOc2ccccc2Cl)CC1. The van der Waals surface area contributed by atoms with Crippen molar-refractivity contribution in [3.8, 4) is 5.75 Å². The first-order valence-electron chi connectivity index (χ1n) is 9.21. The molecule has 0 N–H and O–H groups in total. The van der Waals surface area contributed by atoms with Gasteiger partial charge in [0.25, 0.3) is 5.69 Å². The quantitative estimate of drug-likeness (QED) is 0.387. The van der Waals surface area contributed by atoms with E-state index in [1.165, 1.54) is 19.2 Å². The summed E-state index contributed by atoms with van der Waals surface area (Å²) < 4.78 is 10.5. The van der Waals surface area contributed by atoms with E-state index in [2.05, 4.69) is 4.90 Å². The van der Waals surface area contributed by atoms with Crippen molar-refractivity contribution in [3.63, 3.8) is 0 Å². The minimum atomic E-state index is -0.584. The van der Waals surface area contributed by atoms with Crippen molar-refractivity contribution in [1.82, 2.24) is 4.90 Å². The predicted molar refractivity (Wildman–Crippen MR) is 110 cm³/mol. The zero-order chi connectivity index (χ0) is 20.8. The highest BCUT2D eigenvalue weighted by molar-refractivity contribution is 6.32. The number of non-ortho nitro benzene ring substituents is 1. The molecule has 0 amide bonds. The van der Waals surface area contributed by atoms with Gasteiger partial charge in [-0.2, -0.15) is 0 Å². The molecule has 3 rings (SSSR count). The molecule has 1 aliphatic heterocycles. The molecule has 154 valence electrons. The number of piperazine rings is 1. The van der Waals surface area contributed by atoms with E-state index in [9.17, 15) is 14.9 Å². The number of para-hydroxylation sites is 1. The lowest BCUT2D eigenvalue weighted by atomic mass is 10.1. The van der Waals surface area contributed by atoms with Crippen molar-refractivity contribution in [3.05, 3.63) is 63.2 Å². The molecule has 1 fully saturated rings. The number of nitro benzene ring substituents is 1. The van der Waals surface area contributed by atoms with E-state index in [0.29, 0.717) is 36.2 Å². The van der Waals surface area contributed by atoms with Crippen molar-refractivity contribution >= 4 is 28.9 Å². The number of hydrogen-bond acceptors (Lipinski definition) is 7. The van der Waals surface area contributed by atoms with Gasteiger partial charge in [-0.1, -0.05) is 23.7 Å². The molecular formula is C20H22ClN3O5. The Bertz CT molecular complexity index is 884. The second-order valence-electron chi connectivity index (χ2n) is 6.56. The number of anilines is 1. The molecule has 0 radical (unpaired) electrons. The zero-order valence-electron chi connectivity index (χ0n) is 16.0. The number of halogens is 1. The van der Waals surface area contributed by atoms with Gasteiger partial charge >= 0.3 is 5.97 Å². The fraction of sp³-hybridized carbons (Fsp3) is 0.350. The van der Waals surface area contributed by atoms with Crippen molar-refractivity contribution in [2.45, 2.75) is 0 Å². The van der Waals surface area contributed by atoms with Crippen LogP contribution in [0.5, 0.6) is 5.75 Å². The Kier molecular flexibility index (Phi) is 6.90. The van der Waals surface area contributed by atoms with Crippen LogP contribution in [0.1, 0.15) is 10.4 Å². The van der Waals surface area contributed by atoms with Crippen LogP contribution in [0.3, 0.4) is 0 Å². The summed E-state index contributed by atoms with van der Waals surface area (Å²) in [5, 5.41) is 11.6. The largest absolute Gasteiger partial charge is 0.491 e. The van der Waals surface area contributed by atoms with Crippen LogP contribution >= 0.6 is 11.6 Å². The number of carbonyl (C=O) groups excluding carboxylic acids is 1. The minimum Gasteiger partial charge on any atom is -0.491 e. The van der Waals surface area contributed by atoms with Crippen LogP contribution in [0.2, 0.25) is 5.02 Å². The summed E-state index contributed by atoms with van der Waals surface area (Å²) in [6.07, 6.45) is 0. The van der Waals surface area contributed by atoms with Crippen LogP contribution in [0.25, 0.3) is 0 Å². The molecule has 0 spiro atoms. The Morgan fingerprint density at radius 3 is 2.55 bits per heavy atom. The van der Waals surface area contributed by atoms with E-state index in [4.69, 9.17) is 21.1 Å². The van der Waals surface area contributed by atoms with Crippen molar-refractivity contribution in [1.29, 1.82) is 0 Å². The Morgan fingerprint density at radius 1 is 1.17 bits per heavy atom. The van der Waals surface area contributed by atoms with Gasteiger partial charge in [0.05, 0.1) is 28.3 Å². The summed E-state index contributed by atoms with van der Waals surface area (Å²) in [6.45, 7) is 4.21. The van der Waals surface area contributed by atoms with E-state index in [-0.39, 0.29) is 11.3 Å². The van der Waals surface area contributed by atoms with Gasteiger partial charge in [-0.3, -0.25) is 15.0 Å². The summed E-state index contributed by atoms with van der Waals surface area (Å²) in [5.74, 6) is 0.0840. The topological polar surface area (TPSA) is 85.1 Å². The molecule has 1 saturated heterocycles. The predicted octanol–water partition coefficient (Wildman–Crippen LogP) is 3.24. The van der Waals surface area contributed by atoms with Gasteiger partial charge in [-0.15, -0.1) is 0 Å². The highest BCUT2D eigenvalue weighted by Gasteiger charge is 2.24. The summed E-state index contributed by atoms with van der Waals surface area (Å²) >= 11 is 6.09. The second-order valence-corrected chi connectivity index (χ2v) is 6.96. The number of carbonyl (C=O) groups is 1. The number of ether oxygens (including phenoxy) is 2. The molecular weight excluding hydrogens is 398 g/mol. The van der Waals surface area contributed by atoms with Crippen molar-refractivity contribution in [2.24, 2.45) is 0 Å². The third-order valence-electron chi connectivity index (χ3n) is 4.81. The lowest BCUT2D eigenvalue weighted by Gasteiger charge is -2.36. The Labute approximate surface area is 173 Å². The zero-order valence-corrected chi connectivity index (χ0v) is 16.8. The van der Waals surface area contributed by atoms with Gasteiger partial charge in [0.2, 0.25) is 0 Å². The molecule has 0 saturated carbocycles. The fourth-order valence-corrected chi connectivity index (χ4v) is 3.44. The molecule has 8 nitrogen and oxygen atoms in total. The van der Waals surface area contributed by atoms with Crippen LogP contribution in [0, 0.1) is 10.1 Å². The fourth-order valence-electron chi connectivity index (χ4n) is 3.25. The third kappa shape index (κ3) is 5.16. The summed E-state index contributed by atoms with van der Waals surface area (Å²) in [7, 11) is 1.27. The lowest BCUT2D eigenvalue weighted by molar-refractivity contribution is -0.384. The monoisotopic (exact) mass is 419 g/mol. The van der Waals surface area contributed by atoms with E-state index in [0.717, 1.165) is 19.6 Å². The third-order valence-corrected chi connectivity index (χ3v) is 5.12. The molecule has 0 aliphatic carbocycles. The van der Waals surface area contributed by atoms with E-state index in [1.54, 1.807) is 12.1 Å². The molecule has 2 aromatic carbocycles. The maximum Gasteiger partial charge on any atom is 0.340 e. The Hall–Kier alpha value is -2.84. The van der Waals surface area contributed by atoms with Crippen molar-refractivity contribution < 1.29 is 19.2 Å². The molecule has 0 unspecified atom stereocenters. The van der Waals surface area contributed by atoms with E-state index in [1.807, 2.05) is 23.1 Å². The summed E-state index contributed by atoms with van der Waals surface area (Å²) in [5.41, 5.74) is 0.719. The van der Waals surface area contributed by atoms with Crippen LogP contribution in [-0.4, -0.2) is 62.2 Å². The number of hydrogen-bond donors (Lipinski definition) is 0. The average molecular weight is 420 g/mol. The number of esters is 1. The van der Waals surface area contributed by atoms with E-state index >= 15 is 0 Å². The maximum atomic E-state index is 12.1. The van der Waals surface area contributed by atoms with Gasteiger partial charge < -0.3 is 14.4 Å². The first-order chi connectivity index (χ1) is 14.0. The molecule has 0 bridgehead atoms. The molecule has 9 heteroatoms. The van der Waals surface area contributed by atoms with Crippen molar-refractivity contribution in [2.75, 3.05) is 51.3 Å². The van der Waals surface area contributed by atoms with E-state index < -0.39 is 10.9 Å². The van der Waals surface area contributed by atoms with Crippen LogP contribution < -0.4 is 9.64 Å².